The van der Waals surface area contributed by atoms with Crippen LogP contribution >= 0.6 is 0 Å². The molecule has 1 unspecified atom stereocenters. The molecule has 0 radical (unpaired) electrons. The molecule has 2 aromatic rings. The van der Waals surface area contributed by atoms with E-state index in [9.17, 15) is 23.1 Å². The smallest absolute Gasteiger partial charge is 0.435 e. The van der Waals surface area contributed by atoms with Gasteiger partial charge in [-0.15, -0.1) is 0 Å². The van der Waals surface area contributed by atoms with E-state index in [4.69, 9.17) is 0 Å². The lowest BCUT2D eigenvalue weighted by molar-refractivity contribution is -0.141. The zero-order valence-electron chi connectivity index (χ0n) is 15.8. The van der Waals surface area contributed by atoms with Crippen molar-refractivity contribution < 1.29 is 23.1 Å². The summed E-state index contributed by atoms with van der Waals surface area (Å²) < 4.78 is 40.4. The molecule has 156 valence electrons. The average molecular weight is 408 g/mol. The lowest BCUT2D eigenvalue weighted by Crippen LogP contribution is -2.39. The van der Waals surface area contributed by atoms with Gasteiger partial charge in [-0.05, 0) is 67.3 Å². The van der Waals surface area contributed by atoms with E-state index in [-0.39, 0.29) is 18.3 Å². The number of urea groups is 1. The number of amides is 2. The van der Waals surface area contributed by atoms with Gasteiger partial charge in [0.1, 0.15) is 5.75 Å². The fourth-order valence-corrected chi connectivity index (χ4v) is 3.76. The quantitative estimate of drug-likeness (QED) is 0.702. The van der Waals surface area contributed by atoms with Crippen LogP contribution in [-0.2, 0) is 25.7 Å². The number of nitrogens with one attached hydrogen (secondary N) is 2. The van der Waals surface area contributed by atoms with E-state index in [1.807, 2.05) is 6.07 Å². The first-order valence-electron chi connectivity index (χ1n) is 9.79. The molecule has 1 aromatic carbocycles. The number of fused-ring (bicyclic) bond motifs is 1. The van der Waals surface area contributed by atoms with Crippen LogP contribution in [0.5, 0.6) is 5.75 Å². The van der Waals surface area contributed by atoms with E-state index in [1.165, 1.54) is 4.68 Å². The van der Waals surface area contributed by atoms with Crippen molar-refractivity contribution in [1.29, 1.82) is 0 Å². The molecule has 1 heterocycles. The summed E-state index contributed by atoms with van der Waals surface area (Å²) in [5.74, 6) is 0.497. The number of aromatic hydroxyl groups is 1. The van der Waals surface area contributed by atoms with Gasteiger partial charge in [0.05, 0.1) is 18.3 Å². The summed E-state index contributed by atoms with van der Waals surface area (Å²) in [6.45, 7) is 0.394. The Morgan fingerprint density at radius 2 is 2.03 bits per heavy atom. The van der Waals surface area contributed by atoms with Gasteiger partial charge in [-0.25, -0.2) is 4.79 Å². The highest BCUT2D eigenvalue weighted by Crippen LogP contribution is 2.34. The number of aromatic nitrogens is 2. The topological polar surface area (TPSA) is 79.2 Å². The van der Waals surface area contributed by atoms with Gasteiger partial charge in [0.25, 0.3) is 0 Å². The molecule has 0 spiro atoms. The normalized spacial score (nSPS) is 18.9. The SMILES string of the molecule is O=C(NCc1cc(C(F)(F)F)nn1CC1CC1)NC1CCCc2ccc(O)cc21. The molecule has 1 saturated carbocycles. The molecule has 0 saturated heterocycles. The summed E-state index contributed by atoms with van der Waals surface area (Å²) >= 11 is 0. The zero-order chi connectivity index (χ0) is 20.6. The number of phenols is 1. The van der Waals surface area contributed by atoms with E-state index in [1.54, 1.807) is 12.1 Å². The molecule has 9 heteroatoms. The highest BCUT2D eigenvalue weighted by Gasteiger charge is 2.35. The molecular formula is C20H23F3N4O2. The molecule has 0 aliphatic heterocycles. The molecule has 2 aliphatic rings. The number of carbonyl (C=O) groups excluding carboxylic acids is 1. The average Bonchev–Trinajstić information content (AvgIpc) is 3.37. The van der Waals surface area contributed by atoms with Gasteiger partial charge in [-0.3, -0.25) is 4.68 Å². The van der Waals surface area contributed by atoms with Crippen molar-refractivity contribution >= 4 is 6.03 Å². The van der Waals surface area contributed by atoms with Gasteiger partial charge in [0.2, 0.25) is 0 Å². The molecule has 3 N–H and O–H groups in total. The number of benzene rings is 1. The van der Waals surface area contributed by atoms with Crippen molar-refractivity contribution in [3.8, 4) is 5.75 Å². The molecule has 29 heavy (non-hydrogen) atoms. The Morgan fingerprint density at radius 3 is 2.76 bits per heavy atom. The second kappa shape index (κ2) is 7.61. The first-order valence-corrected chi connectivity index (χ1v) is 9.79. The minimum absolute atomic E-state index is 0.0404. The first kappa shape index (κ1) is 19.6. The lowest BCUT2D eigenvalue weighted by Gasteiger charge is -2.26. The van der Waals surface area contributed by atoms with Gasteiger partial charge in [0.15, 0.2) is 5.69 Å². The Bertz CT molecular complexity index is 906. The van der Waals surface area contributed by atoms with Crippen LogP contribution in [-0.4, -0.2) is 20.9 Å². The Hall–Kier alpha value is -2.71. The van der Waals surface area contributed by atoms with E-state index < -0.39 is 17.9 Å². The van der Waals surface area contributed by atoms with Gasteiger partial charge in [-0.2, -0.15) is 18.3 Å². The van der Waals surface area contributed by atoms with Crippen LogP contribution in [0.25, 0.3) is 0 Å². The van der Waals surface area contributed by atoms with Crippen molar-refractivity contribution in [3.05, 3.63) is 46.8 Å². The maximum absolute atomic E-state index is 13.0. The van der Waals surface area contributed by atoms with Gasteiger partial charge in [0, 0.05) is 6.54 Å². The summed E-state index contributed by atoms with van der Waals surface area (Å²) in [5, 5.41) is 18.9. The zero-order valence-corrected chi connectivity index (χ0v) is 15.8. The number of hydrogen-bond acceptors (Lipinski definition) is 3. The maximum Gasteiger partial charge on any atom is 0.435 e. The van der Waals surface area contributed by atoms with Crippen molar-refractivity contribution in [1.82, 2.24) is 20.4 Å². The van der Waals surface area contributed by atoms with E-state index >= 15 is 0 Å². The summed E-state index contributed by atoms with van der Waals surface area (Å²) in [5.41, 5.74) is 1.36. The molecule has 1 fully saturated rings. The van der Waals surface area contributed by atoms with Gasteiger partial charge >= 0.3 is 12.2 Å². The fourth-order valence-electron chi connectivity index (χ4n) is 3.76. The summed E-state index contributed by atoms with van der Waals surface area (Å²) in [6.07, 6.45) is -0.00582. The van der Waals surface area contributed by atoms with Crippen molar-refractivity contribution in [3.63, 3.8) is 0 Å². The Balaban J connectivity index is 1.41. The van der Waals surface area contributed by atoms with Gasteiger partial charge in [-0.1, -0.05) is 6.07 Å². The highest BCUT2D eigenvalue weighted by atomic mass is 19.4. The van der Waals surface area contributed by atoms with Crippen molar-refractivity contribution in [2.75, 3.05) is 0 Å². The predicted octanol–water partition coefficient (Wildman–Crippen LogP) is 3.89. The lowest BCUT2D eigenvalue weighted by atomic mass is 9.87. The van der Waals surface area contributed by atoms with Crippen LogP contribution in [0.15, 0.2) is 24.3 Å². The van der Waals surface area contributed by atoms with E-state index in [0.717, 1.165) is 49.3 Å². The molecule has 1 aromatic heterocycles. The third-order valence-corrected chi connectivity index (χ3v) is 5.46. The van der Waals surface area contributed by atoms with Gasteiger partial charge < -0.3 is 15.7 Å². The Morgan fingerprint density at radius 1 is 1.24 bits per heavy atom. The highest BCUT2D eigenvalue weighted by molar-refractivity contribution is 5.74. The van der Waals surface area contributed by atoms with E-state index in [2.05, 4.69) is 15.7 Å². The third-order valence-electron chi connectivity index (χ3n) is 5.46. The second-order valence-corrected chi connectivity index (χ2v) is 7.80. The molecule has 2 aliphatic carbocycles. The van der Waals surface area contributed by atoms with Crippen LogP contribution in [0, 0.1) is 5.92 Å². The molecule has 1 atom stereocenters. The predicted molar refractivity (Wildman–Crippen MR) is 99.1 cm³/mol. The standard InChI is InChI=1S/C20H23F3N4O2/c21-20(22,23)18-8-14(27(26-18)11-12-4-5-12)10-24-19(29)25-17-3-1-2-13-6-7-15(28)9-16(13)17/h6-9,12,17,28H,1-5,10-11H2,(H2,24,25,29). The Kier molecular flexibility index (Phi) is 5.14. The first-order chi connectivity index (χ1) is 13.8. The van der Waals surface area contributed by atoms with Crippen molar-refractivity contribution in [2.24, 2.45) is 5.92 Å². The minimum Gasteiger partial charge on any atom is -0.508 e. The number of hydrogen-bond donors (Lipinski definition) is 3. The minimum atomic E-state index is -4.51. The number of halogens is 3. The Labute approximate surface area is 166 Å². The number of rotatable bonds is 5. The molecule has 6 nitrogen and oxygen atoms in total. The maximum atomic E-state index is 13.0. The number of phenolic OH excluding ortho intramolecular Hbond substituents is 1. The fraction of sp³-hybridized carbons (Fsp3) is 0.500. The van der Waals surface area contributed by atoms with Crippen LogP contribution < -0.4 is 10.6 Å². The third kappa shape index (κ3) is 4.65. The monoisotopic (exact) mass is 408 g/mol. The van der Waals surface area contributed by atoms with Crippen LogP contribution in [0.4, 0.5) is 18.0 Å². The second-order valence-electron chi connectivity index (χ2n) is 7.80. The van der Waals surface area contributed by atoms with Crippen molar-refractivity contribution in [2.45, 2.75) is 57.4 Å². The van der Waals surface area contributed by atoms with Crippen LogP contribution in [0.3, 0.4) is 0 Å². The van der Waals surface area contributed by atoms with E-state index in [0.29, 0.717) is 18.2 Å². The summed E-state index contributed by atoms with van der Waals surface area (Å²) in [4.78, 5) is 12.4. The molecule has 0 bridgehead atoms. The number of alkyl halides is 3. The number of carbonyl (C=O) groups is 1. The largest absolute Gasteiger partial charge is 0.508 e. The number of nitrogens with zero attached hydrogens (tertiary/aromatic N) is 2. The van der Waals surface area contributed by atoms with Crippen LogP contribution in [0.1, 0.15) is 54.2 Å². The molecular weight excluding hydrogens is 385 g/mol. The number of aryl methyl sites for hydroxylation is 1. The summed E-state index contributed by atoms with van der Waals surface area (Å²) in [6, 6.07) is 5.43. The molecule has 2 amide bonds. The van der Waals surface area contributed by atoms with Crippen LogP contribution in [0.2, 0.25) is 0 Å². The summed E-state index contributed by atoms with van der Waals surface area (Å²) in [7, 11) is 0. The molecule has 4 rings (SSSR count).